The summed E-state index contributed by atoms with van der Waals surface area (Å²) < 4.78 is 20.3. The Morgan fingerprint density at radius 2 is 1.97 bits per heavy atom. The molecule has 10 heteroatoms. The third kappa shape index (κ3) is 3.29. The molecule has 3 rings (SSSR count). The van der Waals surface area contributed by atoms with Crippen molar-refractivity contribution < 1.29 is 33.3 Å². The number of hydrogen-bond acceptors (Lipinski definition) is 9. The van der Waals surface area contributed by atoms with Gasteiger partial charge in [0.15, 0.2) is 5.41 Å². The maximum atomic E-state index is 13.9. The van der Waals surface area contributed by atoms with E-state index in [0.717, 1.165) is 4.90 Å². The van der Waals surface area contributed by atoms with E-state index in [4.69, 9.17) is 24.7 Å². The first-order chi connectivity index (χ1) is 14.8. The fourth-order valence-corrected chi connectivity index (χ4v) is 3.85. The SMILES string of the molecule is COCCOC(=O)C1=C(C)OC(N)=C(C#N)C12C(=O)N(CC(=O)OC)c1ccccc12. The first kappa shape index (κ1) is 21.9. The molecule has 1 aromatic rings. The number of para-hydroxylation sites is 1. The predicted molar refractivity (Wildman–Crippen MR) is 106 cm³/mol. The van der Waals surface area contributed by atoms with E-state index in [0.29, 0.717) is 11.3 Å². The molecule has 1 aromatic carbocycles. The summed E-state index contributed by atoms with van der Waals surface area (Å²) in [7, 11) is 2.64. The third-order valence-electron chi connectivity index (χ3n) is 5.13. The number of fused-ring (bicyclic) bond motifs is 2. The number of nitrogens with two attached hydrogens (primary N) is 1. The number of carbonyl (C=O) groups excluding carboxylic acids is 3. The van der Waals surface area contributed by atoms with Gasteiger partial charge in [0.25, 0.3) is 0 Å². The van der Waals surface area contributed by atoms with Crippen LogP contribution in [0.25, 0.3) is 0 Å². The zero-order valence-electron chi connectivity index (χ0n) is 17.3. The normalized spacial score (nSPS) is 19.8. The van der Waals surface area contributed by atoms with Crippen molar-refractivity contribution in [2.75, 3.05) is 38.9 Å². The number of anilines is 1. The maximum absolute atomic E-state index is 13.9. The standard InChI is InChI=1S/C21H21N3O7/c1-12-17(19(26)30-9-8-28-2)21(14(10-22)18(23)31-12)13-6-4-5-7-15(13)24(20(21)27)11-16(25)29-3/h4-7H,8-9,11,23H2,1-3H3. The van der Waals surface area contributed by atoms with E-state index in [1.54, 1.807) is 24.3 Å². The Bertz CT molecular complexity index is 1050. The smallest absolute Gasteiger partial charge is 0.339 e. The van der Waals surface area contributed by atoms with Crippen LogP contribution in [0.3, 0.4) is 0 Å². The van der Waals surface area contributed by atoms with Crippen molar-refractivity contribution >= 4 is 23.5 Å². The molecule has 0 saturated carbocycles. The lowest BCUT2D eigenvalue weighted by Gasteiger charge is -2.34. The minimum atomic E-state index is -1.92. The molecule has 2 N–H and O–H groups in total. The van der Waals surface area contributed by atoms with Crippen LogP contribution in [0.5, 0.6) is 0 Å². The van der Waals surface area contributed by atoms with E-state index >= 15 is 0 Å². The molecule has 0 fully saturated rings. The van der Waals surface area contributed by atoms with Gasteiger partial charge in [0.1, 0.15) is 36.1 Å². The summed E-state index contributed by atoms with van der Waals surface area (Å²) in [6.07, 6.45) is 0. The second-order valence-corrected chi connectivity index (χ2v) is 6.75. The molecule has 1 spiro atoms. The molecular weight excluding hydrogens is 406 g/mol. The van der Waals surface area contributed by atoms with Gasteiger partial charge in [0, 0.05) is 18.4 Å². The summed E-state index contributed by atoms with van der Waals surface area (Å²) in [4.78, 5) is 40.1. The van der Waals surface area contributed by atoms with Crippen LogP contribution in [0.2, 0.25) is 0 Å². The average molecular weight is 427 g/mol. The molecule has 0 bridgehead atoms. The van der Waals surface area contributed by atoms with Crippen molar-refractivity contribution in [3.05, 3.63) is 52.6 Å². The molecule has 2 aliphatic rings. The van der Waals surface area contributed by atoms with Crippen molar-refractivity contribution in [2.24, 2.45) is 5.73 Å². The van der Waals surface area contributed by atoms with Gasteiger partial charge in [-0.1, -0.05) is 18.2 Å². The highest BCUT2D eigenvalue weighted by Gasteiger charge is 2.62. The van der Waals surface area contributed by atoms with Gasteiger partial charge in [-0.3, -0.25) is 14.5 Å². The van der Waals surface area contributed by atoms with E-state index in [9.17, 15) is 19.6 Å². The minimum absolute atomic E-state index is 0.0157. The van der Waals surface area contributed by atoms with Gasteiger partial charge >= 0.3 is 11.9 Å². The van der Waals surface area contributed by atoms with E-state index in [1.807, 2.05) is 6.07 Å². The van der Waals surface area contributed by atoms with Crippen LogP contribution in [0.1, 0.15) is 12.5 Å². The summed E-state index contributed by atoms with van der Waals surface area (Å²) in [5.41, 5.74) is 4.27. The quantitative estimate of drug-likeness (QED) is 0.511. The van der Waals surface area contributed by atoms with Crippen molar-refractivity contribution in [2.45, 2.75) is 12.3 Å². The van der Waals surface area contributed by atoms with Crippen LogP contribution >= 0.6 is 0 Å². The summed E-state index contributed by atoms with van der Waals surface area (Å²) in [6, 6.07) is 8.44. The van der Waals surface area contributed by atoms with Gasteiger partial charge in [-0.25, -0.2) is 4.79 Å². The second kappa shape index (κ2) is 8.49. The summed E-state index contributed by atoms with van der Waals surface area (Å²) >= 11 is 0. The number of esters is 2. The van der Waals surface area contributed by atoms with Crippen molar-refractivity contribution in [1.29, 1.82) is 5.26 Å². The number of hydrogen-bond donors (Lipinski definition) is 1. The molecule has 0 radical (unpaired) electrons. The van der Waals surface area contributed by atoms with Crippen LogP contribution < -0.4 is 10.6 Å². The topological polar surface area (TPSA) is 141 Å². The van der Waals surface area contributed by atoms with Gasteiger partial charge in [-0.05, 0) is 13.0 Å². The maximum Gasteiger partial charge on any atom is 0.339 e. The number of methoxy groups -OCH3 is 2. The van der Waals surface area contributed by atoms with Crippen LogP contribution in [-0.2, 0) is 38.7 Å². The molecule has 0 aliphatic carbocycles. The highest BCUT2D eigenvalue weighted by atomic mass is 16.6. The molecule has 1 atom stereocenters. The summed E-state index contributed by atoms with van der Waals surface area (Å²) in [5, 5.41) is 9.92. The highest BCUT2D eigenvalue weighted by molar-refractivity contribution is 6.19. The highest BCUT2D eigenvalue weighted by Crippen LogP contribution is 2.54. The average Bonchev–Trinajstić information content (AvgIpc) is 2.97. The molecular formula is C21H21N3O7. The number of amides is 1. The van der Waals surface area contributed by atoms with Crippen molar-refractivity contribution in [3.63, 3.8) is 0 Å². The Kier molecular flexibility index (Phi) is 5.99. The van der Waals surface area contributed by atoms with E-state index in [2.05, 4.69) is 0 Å². The van der Waals surface area contributed by atoms with Gasteiger partial charge in [-0.2, -0.15) is 5.26 Å². The molecule has 2 heterocycles. The molecule has 31 heavy (non-hydrogen) atoms. The number of benzene rings is 1. The Morgan fingerprint density at radius 3 is 2.61 bits per heavy atom. The van der Waals surface area contributed by atoms with Crippen molar-refractivity contribution in [3.8, 4) is 6.07 Å². The number of nitriles is 1. The number of ether oxygens (including phenoxy) is 4. The fraction of sp³-hybridized carbons (Fsp3) is 0.333. The molecule has 162 valence electrons. The van der Waals surface area contributed by atoms with E-state index in [1.165, 1.54) is 21.1 Å². The van der Waals surface area contributed by atoms with Gasteiger partial charge < -0.3 is 24.7 Å². The molecule has 0 saturated heterocycles. The molecule has 0 aromatic heterocycles. The fourth-order valence-electron chi connectivity index (χ4n) is 3.85. The molecule has 10 nitrogen and oxygen atoms in total. The van der Waals surface area contributed by atoms with E-state index in [-0.39, 0.29) is 36.0 Å². The van der Waals surface area contributed by atoms with Crippen molar-refractivity contribution in [1.82, 2.24) is 0 Å². The Labute approximate surface area is 178 Å². The number of carbonyl (C=O) groups is 3. The zero-order valence-corrected chi connectivity index (χ0v) is 17.3. The first-order valence-corrected chi connectivity index (χ1v) is 9.28. The minimum Gasteiger partial charge on any atom is -0.468 e. The summed E-state index contributed by atoms with van der Waals surface area (Å²) in [6.45, 7) is 1.09. The van der Waals surface area contributed by atoms with Crippen LogP contribution in [0.15, 0.2) is 47.1 Å². The van der Waals surface area contributed by atoms with Gasteiger partial charge in [0.05, 0.1) is 13.7 Å². The van der Waals surface area contributed by atoms with Gasteiger partial charge in [-0.15, -0.1) is 0 Å². The van der Waals surface area contributed by atoms with Crippen LogP contribution in [0, 0.1) is 11.3 Å². The van der Waals surface area contributed by atoms with Crippen LogP contribution in [-0.4, -0.2) is 51.8 Å². The van der Waals surface area contributed by atoms with E-state index < -0.39 is 29.8 Å². The monoisotopic (exact) mass is 427 g/mol. The lowest BCUT2D eigenvalue weighted by Crippen LogP contribution is -2.49. The molecule has 1 amide bonds. The van der Waals surface area contributed by atoms with Gasteiger partial charge in [0.2, 0.25) is 11.8 Å². The molecule has 2 aliphatic heterocycles. The number of allylic oxidation sites excluding steroid dienone is 1. The Morgan fingerprint density at radius 1 is 1.26 bits per heavy atom. The van der Waals surface area contributed by atoms with Crippen LogP contribution in [0.4, 0.5) is 5.69 Å². The largest absolute Gasteiger partial charge is 0.468 e. The Balaban J connectivity index is 2.27. The third-order valence-corrected chi connectivity index (χ3v) is 5.13. The molecule has 1 unspecified atom stereocenters. The predicted octanol–water partition coefficient (Wildman–Crippen LogP) is 0.632. The summed E-state index contributed by atoms with van der Waals surface area (Å²) in [5.74, 6) is -2.54. The zero-order chi connectivity index (χ0) is 22.8. The lowest BCUT2D eigenvalue weighted by molar-refractivity contribution is -0.142. The Hall–Kier alpha value is -3.84. The second-order valence-electron chi connectivity index (χ2n) is 6.75. The lowest BCUT2D eigenvalue weighted by atomic mass is 9.68. The number of nitrogens with zero attached hydrogens (tertiary/aromatic N) is 2. The number of rotatable bonds is 6. The first-order valence-electron chi connectivity index (χ1n) is 9.28.